The van der Waals surface area contributed by atoms with Gasteiger partial charge in [-0.25, -0.2) is 13.1 Å². The number of sulfonamides is 1. The maximum atomic E-state index is 13.1. The van der Waals surface area contributed by atoms with Gasteiger partial charge in [-0.15, -0.1) is 0 Å². The summed E-state index contributed by atoms with van der Waals surface area (Å²) in [6, 6.07) is 11.1. The van der Waals surface area contributed by atoms with Gasteiger partial charge in [0.2, 0.25) is 10.0 Å². The number of nitriles is 1. The first-order valence-electron chi connectivity index (χ1n) is 8.14. The van der Waals surface area contributed by atoms with Gasteiger partial charge in [0, 0.05) is 12.6 Å². The summed E-state index contributed by atoms with van der Waals surface area (Å²) in [5.74, 6) is 0. The molecular formula is C18H16F3N3O2S. The topological polar surface area (TPSA) is 82.0 Å². The van der Waals surface area contributed by atoms with E-state index in [2.05, 4.69) is 10.0 Å². The van der Waals surface area contributed by atoms with Crippen molar-refractivity contribution >= 4 is 10.0 Å². The van der Waals surface area contributed by atoms with E-state index in [4.69, 9.17) is 5.26 Å². The molecule has 142 valence electrons. The molecule has 2 aromatic rings. The van der Waals surface area contributed by atoms with Crippen molar-refractivity contribution in [1.82, 2.24) is 10.0 Å². The molecule has 5 nitrogen and oxygen atoms in total. The molecule has 2 aromatic carbocycles. The minimum atomic E-state index is -4.82. The number of nitrogens with one attached hydrogen (secondary N) is 2. The maximum Gasteiger partial charge on any atom is 0.417 e. The van der Waals surface area contributed by atoms with Crippen LogP contribution >= 0.6 is 0 Å². The molecule has 0 radical (unpaired) electrons. The van der Waals surface area contributed by atoms with Gasteiger partial charge in [-0.3, -0.25) is 0 Å². The number of nitrogens with zero attached hydrogens (tertiary/aromatic N) is 1. The van der Waals surface area contributed by atoms with Gasteiger partial charge in [0.1, 0.15) is 0 Å². The molecule has 1 heterocycles. The lowest BCUT2D eigenvalue weighted by Crippen LogP contribution is -2.38. The van der Waals surface area contributed by atoms with E-state index in [1.165, 1.54) is 6.07 Å². The van der Waals surface area contributed by atoms with E-state index in [9.17, 15) is 21.6 Å². The zero-order valence-corrected chi connectivity index (χ0v) is 14.9. The average molecular weight is 395 g/mol. The molecule has 9 heteroatoms. The van der Waals surface area contributed by atoms with Crippen molar-refractivity contribution in [1.29, 1.82) is 5.26 Å². The summed E-state index contributed by atoms with van der Waals surface area (Å²) < 4.78 is 66.5. The summed E-state index contributed by atoms with van der Waals surface area (Å²) in [6.45, 7) is 0.680. The van der Waals surface area contributed by atoms with Crippen LogP contribution in [0.4, 0.5) is 13.2 Å². The normalized spacial score (nSPS) is 17.2. The molecule has 1 aliphatic rings. The highest BCUT2D eigenvalue weighted by Crippen LogP contribution is 2.33. The summed E-state index contributed by atoms with van der Waals surface area (Å²) in [7, 11) is -4.17. The first-order chi connectivity index (χ1) is 12.7. The van der Waals surface area contributed by atoms with Crippen LogP contribution in [0.15, 0.2) is 47.4 Å². The van der Waals surface area contributed by atoms with Crippen LogP contribution < -0.4 is 10.0 Å². The highest BCUT2D eigenvalue weighted by Gasteiger charge is 2.35. The Kier molecular flexibility index (Phi) is 5.24. The number of hydrogen-bond donors (Lipinski definition) is 2. The molecule has 1 aliphatic heterocycles. The predicted octanol–water partition coefficient (Wildman–Crippen LogP) is 2.74. The first kappa shape index (κ1) is 19.4. The van der Waals surface area contributed by atoms with E-state index in [1.807, 2.05) is 24.3 Å². The van der Waals surface area contributed by atoms with Crippen LogP contribution in [0.25, 0.3) is 0 Å². The Hall–Kier alpha value is -2.41. The first-order valence-corrected chi connectivity index (χ1v) is 9.63. The van der Waals surface area contributed by atoms with Gasteiger partial charge in [0.25, 0.3) is 0 Å². The fourth-order valence-electron chi connectivity index (χ4n) is 3.07. The van der Waals surface area contributed by atoms with E-state index in [-0.39, 0.29) is 12.6 Å². The highest BCUT2D eigenvalue weighted by molar-refractivity contribution is 7.89. The summed E-state index contributed by atoms with van der Waals surface area (Å²) >= 11 is 0. The molecule has 2 N–H and O–H groups in total. The molecule has 27 heavy (non-hydrogen) atoms. The standard InChI is InChI=1S/C18H16F3N3O2S/c19-18(20,21)16-9-14(6-5-13(16)10-22)27(25,26)24-11-17-15-4-2-1-3-12(15)7-8-23-17/h1-6,9,17,23-24H,7-8,11H2. The Morgan fingerprint density at radius 2 is 1.96 bits per heavy atom. The second-order valence-corrected chi connectivity index (χ2v) is 7.89. The van der Waals surface area contributed by atoms with Gasteiger partial charge in [-0.2, -0.15) is 18.4 Å². The molecule has 0 saturated carbocycles. The van der Waals surface area contributed by atoms with Gasteiger partial charge in [-0.05, 0) is 42.3 Å². The van der Waals surface area contributed by atoms with E-state index >= 15 is 0 Å². The molecule has 0 saturated heterocycles. The average Bonchev–Trinajstić information content (AvgIpc) is 2.65. The lowest BCUT2D eigenvalue weighted by molar-refractivity contribution is -0.137. The van der Waals surface area contributed by atoms with Crippen molar-refractivity contribution in [2.75, 3.05) is 13.1 Å². The van der Waals surface area contributed by atoms with Crippen molar-refractivity contribution < 1.29 is 21.6 Å². The largest absolute Gasteiger partial charge is 0.417 e. The molecule has 0 aromatic heterocycles. The number of benzene rings is 2. The van der Waals surface area contributed by atoms with Crippen molar-refractivity contribution in [3.8, 4) is 6.07 Å². The van der Waals surface area contributed by atoms with Crippen LogP contribution in [-0.4, -0.2) is 21.5 Å². The minimum Gasteiger partial charge on any atom is -0.308 e. The molecule has 0 amide bonds. The van der Waals surface area contributed by atoms with Crippen molar-refractivity contribution in [2.24, 2.45) is 0 Å². The Labute approximate surface area is 154 Å². The minimum absolute atomic E-state index is 0.000694. The number of halogens is 3. The monoisotopic (exact) mass is 395 g/mol. The van der Waals surface area contributed by atoms with Crippen LogP contribution in [-0.2, 0) is 22.6 Å². The van der Waals surface area contributed by atoms with Crippen molar-refractivity contribution in [3.05, 3.63) is 64.7 Å². The Morgan fingerprint density at radius 1 is 1.22 bits per heavy atom. The van der Waals surface area contributed by atoms with Gasteiger partial charge < -0.3 is 5.32 Å². The van der Waals surface area contributed by atoms with Crippen LogP contribution in [0.5, 0.6) is 0 Å². The van der Waals surface area contributed by atoms with E-state index in [1.54, 1.807) is 0 Å². The van der Waals surface area contributed by atoms with E-state index in [0.717, 1.165) is 29.7 Å². The SMILES string of the molecule is N#Cc1ccc(S(=O)(=O)NCC2NCCc3ccccc32)cc1C(F)(F)F. The molecule has 0 aliphatic carbocycles. The Balaban J connectivity index is 1.84. The predicted molar refractivity (Wildman–Crippen MR) is 92.2 cm³/mol. The summed E-state index contributed by atoms with van der Waals surface area (Å²) in [5, 5.41) is 12.0. The lowest BCUT2D eigenvalue weighted by Gasteiger charge is -2.27. The molecule has 0 fully saturated rings. The molecule has 1 atom stereocenters. The van der Waals surface area contributed by atoms with Crippen LogP contribution in [0.3, 0.4) is 0 Å². The van der Waals surface area contributed by atoms with E-state index in [0.29, 0.717) is 12.6 Å². The van der Waals surface area contributed by atoms with Gasteiger partial charge in [-0.1, -0.05) is 24.3 Å². The third-order valence-electron chi connectivity index (χ3n) is 4.42. The van der Waals surface area contributed by atoms with Crippen molar-refractivity contribution in [3.63, 3.8) is 0 Å². The lowest BCUT2D eigenvalue weighted by atomic mass is 9.95. The van der Waals surface area contributed by atoms with Crippen LogP contribution in [0.1, 0.15) is 28.3 Å². The third kappa shape index (κ3) is 4.13. The second kappa shape index (κ2) is 7.31. The second-order valence-electron chi connectivity index (χ2n) is 6.12. The zero-order valence-electron chi connectivity index (χ0n) is 14.0. The quantitative estimate of drug-likeness (QED) is 0.834. The highest BCUT2D eigenvalue weighted by atomic mass is 32.2. The Bertz CT molecular complexity index is 998. The van der Waals surface area contributed by atoms with Crippen LogP contribution in [0, 0.1) is 11.3 Å². The molecule has 0 bridgehead atoms. The summed E-state index contributed by atoms with van der Waals surface area (Å²) in [6.07, 6.45) is -4.00. The molecule has 3 rings (SSSR count). The fourth-order valence-corrected chi connectivity index (χ4v) is 4.15. The number of alkyl halides is 3. The maximum absolute atomic E-state index is 13.1. The van der Waals surface area contributed by atoms with Gasteiger partial charge >= 0.3 is 6.18 Å². The van der Waals surface area contributed by atoms with Crippen LogP contribution in [0.2, 0.25) is 0 Å². The third-order valence-corrected chi connectivity index (χ3v) is 5.84. The Morgan fingerprint density at radius 3 is 2.67 bits per heavy atom. The van der Waals surface area contributed by atoms with Gasteiger partial charge in [0.15, 0.2) is 0 Å². The van der Waals surface area contributed by atoms with E-state index < -0.39 is 32.2 Å². The molecule has 0 spiro atoms. The zero-order chi connectivity index (χ0) is 19.7. The number of rotatable bonds is 4. The molecule has 1 unspecified atom stereocenters. The smallest absolute Gasteiger partial charge is 0.308 e. The fraction of sp³-hybridized carbons (Fsp3) is 0.278. The summed E-state index contributed by atoms with van der Waals surface area (Å²) in [5.41, 5.74) is 0.179. The van der Waals surface area contributed by atoms with Crippen molar-refractivity contribution in [2.45, 2.75) is 23.5 Å². The molecular weight excluding hydrogens is 379 g/mol. The number of hydrogen-bond acceptors (Lipinski definition) is 4. The van der Waals surface area contributed by atoms with Gasteiger partial charge in [0.05, 0.1) is 22.1 Å². The number of fused-ring (bicyclic) bond motifs is 1. The summed E-state index contributed by atoms with van der Waals surface area (Å²) in [4.78, 5) is -0.530.